The number of fused-ring (bicyclic) bond motifs is 4. The molecule has 16 nitrogen and oxygen atoms in total. The summed E-state index contributed by atoms with van der Waals surface area (Å²) in [6, 6.07) is 22.5. The lowest BCUT2D eigenvalue weighted by Crippen LogP contribution is -2.49. The number of hydrogen-bond acceptors (Lipinski definition) is 14. The van der Waals surface area contributed by atoms with Crippen molar-refractivity contribution in [2.75, 3.05) is 89.3 Å². The number of benzene rings is 4. The van der Waals surface area contributed by atoms with Gasteiger partial charge in [0.05, 0.1) is 55.7 Å². The molecule has 0 bridgehead atoms. The Kier molecular flexibility index (Phi) is 13.0. The Balaban J connectivity index is 0.000000162. The zero-order valence-electron chi connectivity index (χ0n) is 35.2. The predicted octanol–water partition coefficient (Wildman–Crippen LogP) is 6.66. The number of amides is 2. The van der Waals surface area contributed by atoms with Crippen LogP contribution in [0.1, 0.15) is 20.7 Å². The van der Waals surface area contributed by atoms with Crippen molar-refractivity contribution in [1.82, 2.24) is 48.7 Å². The maximum atomic E-state index is 13.0. The van der Waals surface area contributed by atoms with Crippen molar-refractivity contribution in [3.8, 4) is 0 Å². The minimum Gasteiger partial charge on any atom is -0.395 e. The normalized spacial score (nSPS) is 15.0. The molecule has 10 rings (SSSR count). The van der Waals surface area contributed by atoms with Crippen molar-refractivity contribution in [2.24, 2.45) is 14.1 Å². The lowest BCUT2D eigenvalue weighted by Gasteiger charge is -2.34. The number of thiazole rings is 2. The van der Waals surface area contributed by atoms with Crippen molar-refractivity contribution in [3.63, 3.8) is 0 Å². The van der Waals surface area contributed by atoms with E-state index in [1.54, 1.807) is 0 Å². The first-order valence-electron chi connectivity index (χ1n) is 20.9. The number of anilines is 4. The van der Waals surface area contributed by atoms with Crippen molar-refractivity contribution >= 4 is 122 Å². The number of aromatic nitrogens is 6. The Labute approximate surface area is 386 Å². The quantitative estimate of drug-likeness (QED) is 0.115. The smallest absolute Gasteiger partial charge is 0.254 e. The summed E-state index contributed by atoms with van der Waals surface area (Å²) in [7, 11) is 3.87. The number of carbonyl (C=O) groups is 2. The number of β-amino-alcohol motifs (C(OH)–C–C–N with tert-alkyl or cyclic N) is 2. The lowest BCUT2D eigenvalue weighted by molar-refractivity contribution is 0.0608. The van der Waals surface area contributed by atoms with Crippen LogP contribution in [0.2, 0.25) is 10.0 Å². The zero-order valence-corrected chi connectivity index (χ0v) is 38.3. The zero-order chi connectivity index (χ0) is 44.5. The third kappa shape index (κ3) is 9.36. The number of carbonyl (C=O) groups excluding carboxylic acids is 2. The minimum atomic E-state index is 0.0127. The summed E-state index contributed by atoms with van der Waals surface area (Å²) in [5.74, 6) is 1.34. The summed E-state index contributed by atoms with van der Waals surface area (Å²) in [5.41, 5.74) is 6.40. The molecule has 0 saturated carbocycles. The number of imidazole rings is 2. The van der Waals surface area contributed by atoms with E-state index < -0.39 is 0 Å². The van der Waals surface area contributed by atoms with Crippen molar-refractivity contribution < 1.29 is 19.8 Å². The Morgan fingerprint density at radius 1 is 0.562 bits per heavy atom. The fraction of sp³-hybridized carbons (Fsp3) is 0.318. The highest BCUT2D eigenvalue weighted by molar-refractivity contribution is 7.22. The van der Waals surface area contributed by atoms with Crippen molar-refractivity contribution in [1.29, 1.82) is 0 Å². The highest BCUT2D eigenvalue weighted by Gasteiger charge is 2.24. The Bertz CT molecular complexity index is 2790. The molecule has 2 saturated heterocycles. The number of aliphatic hydroxyl groups is 2. The van der Waals surface area contributed by atoms with Crippen LogP contribution in [0.4, 0.5) is 22.2 Å². The van der Waals surface area contributed by atoms with Crippen LogP contribution in [-0.2, 0) is 14.1 Å². The molecule has 0 radical (unpaired) electrons. The van der Waals surface area contributed by atoms with Gasteiger partial charge in [-0.05, 0) is 72.8 Å². The number of nitrogens with one attached hydrogen (secondary N) is 2. The molecular weight excluding hydrogens is 896 g/mol. The van der Waals surface area contributed by atoms with Gasteiger partial charge in [-0.2, -0.15) is 0 Å². The minimum absolute atomic E-state index is 0.0127. The molecule has 2 aliphatic rings. The van der Waals surface area contributed by atoms with Crippen LogP contribution in [-0.4, -0.2) is 149 Å². The van der Waals surface area contributed by atoms with Gasteiger partial charge in [-0.15, -0.1) is 0 Å². The number of halogens is 2. The van der Waals surface area contributed by atoms with E-state index in [1.807, 2.05) is 106 Å². The molecule has 2 amide bonds. The van der Waals surface area contributed by atoms with Crippen LogP contribution < -0.4 is 10.6 Å². The van der Waals surface area contributed by atoms with Crippen LogP contribution in [0.25, 0.3) is 42.5 Å². The number of hydrogen-bond donors (Lipinski definition) is 4. The van der Waals surface area contributed by atoms with Gasteiger partial charge in [-0.3, -0.25) is 19.4 Å². The third-order valence-corrected chi connectivity index (χ3v) is 13.9. The van der Waals surface area contributed by atoms with E-state index in [-0.39, 0.29) is 25.0 Å². The van der Waals surface area contributed by atoms with E-state index >= 15 is 0 Å². The van der Waals surface area contributed by atoms with Crippen LogP contribution in [0.3, 0.4) is 0 Å². The first kappa shape index (κ1) is 43.8. The SMILES string of the molecule is Cn1c(Nc2nc3ccc(Cl)cc3s2)nc2cc(C(=O)N3CCN(CCO)CC3)ccc21.Cn1c(Nc2nc3ccc(Cl)cc3s2)nc2cc(C(=O)N3CCN(CCO)CC3)ccc21. The number of aryl methyl sites for hydroxylation is 2. The first-order chi connectivity index (χ1) is 31.0. The molecule has 4 aromatic heterocycles. The molecule has 0 atom stereocenters. The third-order valence-electron chi connectivity index (χ3n) is 11.5. The van der Waals surface area contributed by atoms with E-state index in [1.165, 1.54) is 22.7 Å². The molecule has 0 spiro atoms. The van der Waals surface area contributed by atoms with Gasteiger partial charge in [0.15, 0.2) is 10.3 Å². The standard InChI is InChI=1S/2C22H23ClN6O2S/c2*1-27-18-5-2-14(20(31)29-8-6-28(7-9-29)10-11-30)12-17(18)24-21(27)26-22-25-16-4-3-15(23)13-19(16)32-22/h2*2-5,12-13,30H,6-11H2,1H3,(H,24,25,26). The summed E-state index contributed by atoms with van der Waals surface area (Å²) in [6.07, 6.45) is 0. The van der Waals surface area contributed by atoms with Crippen LogP contribution in [0.5, 0.6) is 0 Å². The molecule has 8 aromatic rings. The van der Waals surface area contributed by atoms with Gasteiger partial charge in [0.25, 0.3) is 11.8 Å². The summed E-state index contributed by atoms with van der Waals surface area (Å²) in [6.45, 7) is 7.34. The highest BCUT2D eigenvalue weighted by Crippen LogP contribution is 2.33. The second-order valence-electron chi connectivity index (χ2n) is 15.6. The fourth-order valence-electron chi connectivity index (χ4n) is 7.98. The summed E-state index contributed by atoms with van der Waals surface area (Å²) < 4.78 is 5.92. The van der Waals surface area contributed by atoms with Gasteiger partial charge in [0.2, 0.25) is 11.9 Å². The monoisotopic (exact) mass is 940 g/mol. The molecule has 2 fully saturated rings. The second-order valence-corrected chi connectivity index (χ2v) is 18.6. The van der Waals surface area contributed by atoms with Gasteiger partial charge in [0.1, 0.15) is 0 Å². The molecule has 4 N–H and O–H groups in total. The fourth-order valence-corrected chi connectivity index (χ4v) is 10.3. The van der Waals surface area contributed by atoms with E-state index in [9.17, 15) is 9.59 Å². The van der Waals surface area contributed by atoms with E-state index in [4.69, 9.17) is 43.4 Å². The van der Waals surface area contributed by atoms with E-state index in [2.05, 4.69) is 30.4 Å². The van der Waals surface area contributed by atoms with Crippen molar-refractivity contribution in [3.05, 3.63) is 94.0 Å². The maximum absolute atomic E-state index is 13.0. The van der Waals surface area contributed by atoms with Gasteiger partial charge in [-0.25, -0.2) is 19.9 Å². The van der Waals surface area contributed by atoms with Crippen LogP contribution >= 0.6 is 45.9 Å². The molecule has 6 heterocycles. The Morgan fingerprint density at radius 3 is 1.36 bits per heavy atom. The molecule has 2 aliphatic heterocycles. The van der Waals surface area contributed by atoms with Gasteiger partial charge >= 0.3 is 0 Å². The number of rotatable bonds is 10. The summed E-state index contributed by atoms with van der Waals surface area (Å²) in [4.78, 5) is 52.7. The molecule has 4 aromatic carbocycles. The molecule has 332 valence electrons. The molecule has 64 heavy (non-hydrogen) atoms. The largest absolute Gasteiger partial charge is 0.395 e. The van der Waals surface area contributed by atoms with Gasteiger partial charge < -0.3 is 39.8 Å². The molecular formula is C44H46Cl2N12O4S2. The summed E-state index contributed by atoms with van der Waals surface area (Å²) >= 11 is 15.2. The maximum Gasteiger partial charge on any atom is 0.254 e. The van der Waals surface area contributed by atoms with Crippen molar-refractivity contribution in [2.45, 2.75) is 0 Å². The number of aliphatic hydroxyl groups excluding tert-OH is 2. The number of piperazine rings is 2. The Hall–Kier alpha value is -5.44. The first-order valence-corrected chi connectivity index (χ1v) is 23.3. The summed E-state index contributed by atoms with van der Waals surface area (Å²) in [5, 5.41) is 27.6. The topological polar surface area (TPSA) is 173 Å². The molecule has 0 aliphatic carbocycles. The van der Waals surface area contributed by atoms with E-state index in [0.29, 0.717) is 72.3 Å². The predicted molar refractivity (Wildman–Crippen MR) is 256 cm³/mol. The Morgan fingerprint density at radius 2 is 0.969 bits per heavy atom. The van der Waals surface area contributed by atoms with Gasteiger partial charge in [-0.1, -0.05) is 45.9 Å². The second kappa shape index (κ2) is 19.0. The highest BCUT2D eigenvalue weighted by atomic mass is 35.5. The van der Waals surface area contributed by atoms with E-state index in [0.717, 1.165) is 78.9 Å². The van der Waals surface area contributed by atoms with Crippen LogP contribution in [0, 0.1) is 0 Å². The average molecular weight is 942 g/mol. The number of nitrogens with zero attached hydrogens (tertiary/aromatic N) is 10. The van der Waals surface area contributed by atoms with Crippen LogP contribution in [0.15, 0.2) is 72.8 Å². The average Bonchev–Trinajstić information content (AvgIpc) is 4.06. The molecule has 0 unspecified atom stereocenters. The molecule has 20 heteroatoms. The lowest BCUT2D eigenvalue weighted by atomic mass is 10.1. The van der Waals surface area contributed by atoms with Gasteiger partial charge in [0, 0.05) is 101 Å².